The number of halogens is 2. The molecular formula is C34H30Br2. The third-order valence-electron chi connectivity index (χ3n) is 7.68. The van der Waals surface area contributed by atoms with Crippen LogP contribution in [0, 0.1) is 0 Å². The third-order valence-corrected chi connectivity index (χ3v) is 8.66. The molecule has 2 heteroatoms. The van der Waals surface area contributed by atoms with E-state index in [1.165, 1.54) is 90.7 Å². The number of benzene rings is 6. The summed E-state index contributed by atoms with van der Waals surface area (Å²) in [5.41, 5.74) is 2.86. The molecule has 0 nitrogen and oxygen atoms in total. The van der Waals surface area contributed by atoms with Gasteiger partial charge in [-0.15, -0.1) is 0 Å². The molecule has 0 aliphatic carbocycles. The van der Waals surface area contributed by atoms with Gasteiger partial charge in [-0.2, -0.15) is 0 Å². The first-order valence-electron chi connectivity index (χ1n) is 13.2. The molecule has 0 saturated heterocycles. The molecule has 0 atom stereocenters. The van der Waals surface area contributed by atoms with Gasteiger partial charge in [-0.05, 0) is 115 Å². The molecule has 0 aliphatic rings. The van der Waals surface area contributed by atoms with Crippen LogP contribution in [0.4, 0.5) is 0 Å². The average molecular weight is 598 g/mol. The second kappa shape index (κ2) is 9.80. The van der Waals surface area contributed by atoms with Crippen molar-refractivity contribution in [1.29, 1.82) is 0 Å². The Kier molecular flexibility index (Phi) is 6.52. The second-order valence-corrected chi connectivity index (χ2v) is 11.9. The van der Waals surface area contributed by atoms with E-state index in [-0.39, 0.29) is 0 Å². The summed E-state index contributed by atoms with van der Waals surface area (Å²) < 4.78 is 2.26. The van der Waals surface area contributed by atoms with Crippen LogP contribution in [-0.2, 0) is 12.8 Å². The highest BCUT2D eigenvalue weighted by Gasteiger charge is 2.17. The smallest absolute Gasteiger partial charge is 0.0181 e. The molecule has 0 aromatic heterocycles. The number of aryl methyl sites for hydroxylation is 2. The molecule has 0 amide bonds. The second-order valence-electron chi connectivity index (χ2n) is 10.1. The van der Waals surface area contributed by atoms with Crippen LogP contribution in [-0.4, -0.2) is 0 Å². The highest BCUT2D eigenvalue weighted by atomic mass is 79.9. The maximum Gasteiger partial charge on any atom is 0.0181 e. The lowest BCUT2D eigenvalue weighted by Gasteiger charge is -2.18. The minimum absolute atomic E-state index is 1.13. The van der Waals surface area contributed by atoms with Gasteiger partial charge in [0.15, 0.2) is 0 Å². The van der Waals surface area contributed by atoms with E-state index in [0.29, 0.717) is 0 Å². The highest BCUT2D eigenvalue weighted by molar-refractivity contribution is 9.10. The standard InChI is InChI=1S/C34H30Br2/c1-3-5-7-21-9-13-25-29(17-21)31-19-23(35)11-15-27(31)34-28-16-12-24(36)20-32(28)30-18-22(8-6-4-2)10-14-26(30)33(25)34/h9-20H,3-8H2,1-2H3. The van der Waals surface area contributed by atoms with E-state index in [0.717, 1.165) is 21.8 Å². The maximum atomic E-state index is 3.76. The van der Waals surface area contributed by atoms with Gasteiger partial charge in [-0.1, -0.05) is 107 Å². The fourth-order valence-corrected chi connectivity index (χ4v) is 6.60. The van der Waals surface area contributed by atoms with E-state index in [1.54, 1.807) is 0 Å². The first kappa shape index (κ1) is 23.9. The maximum absolute atomic E-state index is 3.76. The third kappa shape index (κ3) is 4.03. The van der Waals surface area contributed by atoms with Gasteiger partial charge in [0.05, 0.1) is 0 Å². The summed E-state index contributed by atoms with van der Waals surface area (Å²) in [6.45, 7) is 4.54. The minimum atomic E-state index is 1.13. The molecule has 0 radical (unpaired) electrons. The topological polar surface area (TPSA) is 0 Å². The van der Waals surface area contributed by atoms with E-state index in [9.17, 15) is 0 Å². The van der Waals surface area contributed by atoms with E-state index >= 15 is 0 Å². The lowest BCUT2D eigenvalue weighted by atomic mass is 9.86. The van der Waals surface area contributed by atoms with Crippen LogP contribution in [0.15, 0.2) is 81.7 Å². The van der Waals surface area contributed by atoms with E-state index in [4.69, 9.17) is 0 Å². The van der Waals surface area contributed by atoms with Crippen molar-refractivity contribution in [3.63, 3.8) is 0 Å². The number of hydrogen-bond donors (Lipinski definition) is 0. The summed E-state index contributed by atoms with van der Waals surface area (Å²) in [5.74, 6) is 0. The van der Waals surface area contributed by atoms with E-state index < -0.39 is 0 Å². The Morgan fingerprint density at radius 2 is 0.806 bits per heavy atom. The predicted octanol–water partition coefficient (Wildman–Crippen LogP) is 11.7. The number of fused-ring (bicyclic) bond motifs is 11. The zero-order chi connectivity index (χ0) is 24.8. The molecule has 6 aromatic carbocycles. The van der Waals surface area contributed by atoms with Crippen LogP contribution in [0.1, 0.15) is 50.7 Å². The fraction of sp³-hybridized carbons (Fsp3) is 0.235. The first-order chi connectivity index (χ1) is 17.6. The molecule has 0 bridgehead atoms. The normalized spacial score (nSPS) is 12.0. The molecule has 0 saturated carbocycles. The molecule has 0 N–H and O–H groups in total. The average Bonchev–Trinajstić information content (AvgIpc) is 2.90. The van der Waals surface area contributed by atoms with Crippen molar-refractivity contribution in [3.8, 4) is 0 Å². The van der Waals surface area contributed by atoms with Crippen molar-refractivity contribution in [2.45, 2.75) is 52.4 Å². The summed E-state index contributed by atoms with van der Waals surface area (Å²) >= 11 is 7.53. The summed E-state index contributed by atoms with van der Waals surface area (Å²) in [6, 6.07) is 28.0. The number of hydrogen-bond acceptors (Lipinski definition) is 0. The summed E-state index contributed by atoms with van der Waals surface area (Å²) in [5, 5.41) is 13.5. The Morgan fingerprint density at radius 3 is 1.19 bits per heavy atom. The molecule has 0 fully saturated rings. The van der Waals surface area contributed by atoms with E-state index in [2.05, 4.69) is 119 Å². The zero-order valence-electron chi connectivity index (χ0n) is 20.9. The molecule has 6 rings (SSSR count). The van der Waals surface area contributed by atoms with Crippen LogP contribution in [0.2, 0.25) is 0 Å². The van der Waals surface area contributed by atoms with Gasteiger partial charge in [0, 0.05) is 8.95 Å². The monoisotopic (exact) mass is 596 g/mol. The molecule has 0 unspecified atom stereocenters. The van der Waals surface area contributed by atoms with Gasteiger partial charge in [-0.3, -0.25) is 0 Å². The fourth-order valence-electron chi connectivity index (χ4n) is 5.88. The summed E-state index contributed by atoms with van der Waals surface area (Å²) in [6.07, 6.45) is 7.15. The Hall–Kier alpha value is -2.42. The lowest BCUT2D eigenvalue weighted by Crippen LogP contribution is -1.92. The van der Waals surface area contributed by atoms with Crippen LogP contribution in [0.25, 0.3) is 53.9 Å². The van der Waals surface area contributed by atoms with Gasteiger partial charge in [0.1, 0.15) is 0 Å². The predicted molar refractivity (Wildman–Crippen MR) is 167 cm³/mol. The minimum Gasteiger partial charge on any atom is -0.0654 e. The molecule has 0 spiro atoms. The molecular weight excluding hydrogens is 568 g/mol. The molecule has 0 heterocycles. The van der Waals surface area contributed by atoms with Crippen molar-refractivity contribution in [2.75, 3.05) is 0 Å². The Balaban J connectivity index is 1.84. The Morgan fingerprint density at radius 1 is 0.444 bits per heavy atom. The van der Waals surface area contributed by atoms with Crippen molar-refractivity contribution >= 4 is 85.7 Å². The highest BCUT2D eigenvalue weighted by Crippen LogP contribution is 2.45. The van der Waals surface area contributed by atoms with Crippen LogP contribution in [0.3, 0.4) is 0 Å². The molecule has 0 aliphatic heterocycles. The summed E-state index contributed by atoms with van der Waals surface area (Å²) in [4.78, 5) is 0. The molecule has 6 aromatic rings. The van der Waals surface area contributed by atoms with Crippen molar-refractivity contribution < 1.29 is 0 Å². The Labute approximate surface area is 229 Å². The SMILES string of the molecule is CCCCc1ccc2c(c1)c1cc(Br)ccc1c1c3ccc(Br)cc3c3cc(CCCC)ccc3c21. The summed E-state index contributed by atoms with van der Waals surface area (Å²) in [7, 11) is 0. The van der Waals surface area contributed by atoms with Crippen LogP contribution >= 0.6 is 31.9 Å². The number of unbranched alkanes of at least 4 members (excludes halogenated alkanes) is 2. The van der Waals surface area contributed by atoms with Crippen molar-refractivity contribution in [3.05, 3.63) is 92.9 Å². The van der Waals surface area contributed by atoms with E-state index in [1.807, 2.05) is 0 Å². The van der Waals surface area contributed by atoms with Gasteiger partial charge in [0.2, 0.25) is 0 Å². The zero-order valence-corrected chi connectivity index (χ0v) is 24.1. The Bertz CT molecular complexity index is 1650. The molecule has 36 heavy (non-hydrogen) atoms. The number of rotatable bonds is 6. The first-order valence-corrected chi connectivity index (χ1v) is 14.8. The van der Waals surface area contributed by atoms with Crippen LogP contribution < -0.4 is 0 Å². The quantitative estimate of drug-likeness (QED) is 0.167. The van der Waals surface area contributed by atoms with Crippen molar-refractivity contribution in [1.82, 2.24) is 0 Å². The van der Waals surface area contributed by atoms with Crippen LogP contribution in [0.5, 0.6) is 0 Å². The van der Waals surface area contributed by atoms with Gasteiger partial charge in [0.25, 0.3) is 0 Å². The largest absolute Gasteiger partial charge is 0.0654 e. The molecule has 180 valence electrons. The van der Waals surface area contributed by atoms with Crippen molar-refractivity contribution in [2.24, 2.45) is 0 Å². The van der Waals surface area contributed by atoms with Gasteiger partial charge < -0.3 is 0 Å². The lowest BCUT2D eigenvalue weighted by molar-refractivity contribution is 0.796. The van der Waals surface area contributed by atoms with Gasteiger partial charge in [-0.25, -0.2) is 0 Å². The van der Waals surface area contributed by atoms with Gasteiger partial charge >= 0.3 is 0 Å².